The number of hydrogen-bond acceptors (Lipinski definition) is 6. The Morgan fingerprint density at radius 2 is 1.68 bits per heavy atom. The highest BCUT2D eigenvalue weighted by Crippen LogP contribution is 2.42. The van der Waals surface area contributed by atoms with Gasteiger partial charge in [0.2, 0.25) is 5.88 Å². The van der Waals surface area contributed by atoms with Gasteiger partial charge in [-0.25, -0.2) is 9.59 Å². The largest absolute Gasteiger partial charge is 0.425 e. The van der Waals surface area contributed by atoms with Gasteiger partial charge in [0.1, 0.15) is 0 Å². The van der Waals surface area contributed by atoms with E-state index in [1.165, 1.54) is 6.20 Å². The second-order valence-corrected chi connectivity index (χ2v) is 9.26. The van der Waals surface area contributed by atoms with Crippen molar-refractivity contribution < 1.29 is 19.1 Å². The molecule has 0 radical (unpaired) electrons. The summed E-state index contributed by atoms with van der Waals surface area (Å²) >= 11 is 20.2. The van der Waals surface area contributed by atoms with E-state index in [1.807, 2.05) is 36.4 Å². The van der Waals surface area contributed by atoms with Crippen LogP contribution in [0, 0.1) is 0 Å². The molecule has 1 aliphatic rings. The van der Waals surface area contributed by atoms with Crippen LogP contribution in [-0.2, 0) is 16.1 Å². The molecule has 0 spiro atoms. The first-order valence-corrected chi connectivity index (χ1v) is 11.3. The van der Waals surface area contributed by atoms with Crippen molar-refractivity contribution in [2.24, 2.45) is 0 Å². The first kappa shape index (κ1) is 22.0. The topological polar surface area (TPSA) is 70.4 Å². The number of esters is 2. The zero-order chi connectivity index (χ0) is 22.0. The Bertz CT molecular complexity index is 1130. The normalized spacial score (nSPS) is 14.0. The molecule has 2 bridgehead atoms. The summed E-state index contributed by atoms with van der Waals surface area (Å²) in [5.74, 6) is -2.13. The smallest absolute Gasteiger partial charge is 0.397 e. The van der Waals surface area contributed by atoms with E-state index < -0.39 is 11.9 Å². The van der Waals surface area contributed by atoms with Crippen LogP contribution in [0.4, 0.5) is 0 Å². The summed E-state index contributed by atoms with van der Waals surface area (Å²) in [7, 11) is 0. The van der Waals surface area contributed by atoms with Crippen LogP contribution in [-0.4, -0.2) is 21.5 Å². The van der Waals surface area contributed by atoms with Gasteiger partial charge in [0.25, 0.3) is 0 Å². The van der Waals surface area contributed by atoms with E-state index in [0.29, 0.717) is 21.6 Å². The SMILES string of the molecule is O=C1Oc2cn(CCCC(Sc3ccc(Cl)cc3)c3ccc(Cl)cc3Cl)c(n2)OC1=O. The molecule has 0 fully saturated rings. The molecule has 3 aromatic rings. The van der Waals surface area contributed by atoms with Gasteiger partial charge in [-0.15, -0.1) is 11.8 Å². The number of thioether (sulfide) groups is 1. The van der Waals surface area contributed by atoms with Gasteiger partial charge in [-0.3, -0.25) is 4.57 Å². The van der Waals surface area contributed by atoms with E-state index in [4.69, 9.17) is 44.3 Å². The summed E-state index contributed by atoms with van der Waals surface area (Å²) in [5, 5.41) is 1.89. The van der Waals surface area contributed by atoms with Crippen molar-refractivity contribution in [1.82, 2.24) is 9.55 Å². The molecule has 4 rings (SSSR count). The number of carbonyl (C=O) groups is 2. The molecular weight excluding hydrogens is 483 g/mol. The summed E-state index contributed by atoms with van der Waals surface area (Å²) in [4.78, 5) is 27.9. The van der Waals surface area contributed by atoms with Crippen molar-refractivity contribution in [3.8, 4) is 11.9 Å². The molecule has 1 aromatic heterocycles. The number of carbonyl (C=O) groups excluding carboxylic acids is 2. The molecule has 0 aliphatic carbocycles. The van der Waals surface area contributed by atoms with Crippen LogP contribution in [0.2, 0.25) is 15.1 Å². The second-order valence-electron chi connectivity index (χ2n) is 6.70. The van der Waals surface area contributed by atoms with Crippen molar-refractivity contribution >= 4 is 58.5 Å². The van der Waals surface area contributed by atoms with Crippen LogP contribution in [0.15, 0.2) is 53.6 Å². The highest BCUT2D eigenvalue weighted by Gasteiger charge is 2.28. The van der Waals surface area contributed by atoms with Crippen LogP contribution in [0.3, 0.4) is 0 Å². The Morgan fingerprint density at radius 3 is 2.42 bits per heavy atom. The van der Waals surface area contributed by atoms with E-state index in [-0.39, 0.29) is 17.1 Å². The first-order chi connectivity index (χ1) is 14.9. The van der Waals surface area contributed by atoms with E-state index in [2.05, 4.69) is 4.98 Å². The Labute approximate surface area is 197 Å². The number of halogens is 3. The second kappa shape index (κ2) is 9.53. The maximum absolute atomic E-state index is 11.5. The van der Waals surface area contributed by atoms with Crippen molar-refractivity contribution in [2.75, 3.05) is 0 Å². The molecule has 1 unspecified atom stereocenters. The minimum Gasteiger partial charge on any atom is -0.397 e. The number of hydrogen-bond donors (Lipinski definition) is 0. The lowest BCUT2D eigenvalue weighted by atomic mass is 10.1. The lowest BCUT2D eigenvalue weighted by Crippen LogP contribution is -2.25. The summed E-state index contributed by atoms with van der Waals surface area (Å²) in [6, 6.07) is 13.1. The molecule has 1 aliphatic heterocycles. The zero-order valence-corrected chi connectivity index (χ0v) is 19.0. The molecule has 0 N–H and O–H groups in total. The van der Waals surface area contributed by atoms with Gasteiger partial charge in [0.15, 0.2) is 0 Å². The molecule has 10 heteroatoms. The third kappa shape index (κ3) is 5.36. The number of aryl methyl sites for hydroxylation is 1. The number of fused-ring (bicyclic) bond motifs is 2. The molecule has 0 amide bonds. The lowest BCUT2D eigenvalue weighted by Gasteiger charge is -2.19. The summed E-state index contributed by atoms with van der Waals surface area (Å²) < 4.78 is 11.4. The van der Waals surface area contributed by atoms with Crippen molar-refractivity contribution in [1.29, 1.82) is 0 Å². The average Bonchev–Trinajstić information content (AvgIpc) is 3.02. The molecular formula is C21H15Cl3N2O4S. The maximum Gasteiger partial charge on any atom is 0.425 e. The maximum atomic E-state index is 11.5. The highest BCUT2D eigenvalue weighted by molar-refractivity contribution is 7.99. The minimum atomic E-state index is -1.09. The van der Waals surface area contributed by atoms with Crippen LogP contribution in [0.25, 0.3) is 0 Å². The number of benzene rings is 2. The average molecular weight is 498 g/mol. The van der Waals surface area contributed by atoms with Crippen molar-refractivity contribution in [3.63, 3.8) is 0 Å². The monoisotopic (exact) mass is 496 g/mol. The number of ether oxygens (including phenoxy) is 2. The van der Waals surface area contributed by atoms with Crippen LogP contribution < -0.4 is 9.47 Å². The Balaban J connectivity index is 1.49. The minimum absolute atomic E-state index is 0.0391. The summed E-state index contributed by atoms with van der Waals surface area (Å²) in [6.45, 7) is 0.510. The molecule has 0 saturated carbocycles. The quantitative estimate of drug-likeness (QED) is 0.227. The standard InChI is InChI=1S/C21H15Cl3N2O4S/c22-12-3-6-14(7-4-12)31-17(15-8-5-13(23)10-16(15)24)2-1-9-26-11-18-25-21(26)30-20(28)19(27)29-18/h3-8,10-11,17H,1-2,9H2. The number of nitrogens with zero attached hydrogens (tertiary/aromatic N) is 2. The van der Waals surface area contributed by atoms with Crippen LogP contribution >= 0.6 is 46.6 Å². The molecule has 1 atom stereocenters. The Kier molecular flexibility index (Phi) is 6.77. The van der Waals surface area contributed by atoms with Gasteiger partial charge in [-0.2, -0.15) is 4.98 Å². The van der Waals surface area contributed by atoms with E-state index in [0.717, 1.165) is 23.3 Å². The fraction of sp³-hybridized carbons (Fsp3) is 0.190. The number of aromatic nitrogens is 2. The Morgan fingerprint density at radius 1 is 0.968 bits per heavy atom. The lowest BCUT2D eigenvalue weighted by molar-refractivity contribution is -0.156. The van der Waals surface area contributed by atoms with Crippen molar-refractivity contribution in [3.05, 3.63) is 69.3 Å². The van der Waals surface area contributed by atoms with Crippen molar-refractivity contribution in [2.45, 2.75) is 29.5 Å². The predicted molar refractivity (Wildman–Crippen MR) is 119 cm³/mol. The van der Waals surface area contributed by atoms with Gasteiger partial charge < -0.3 is 9.47 Å². The number of imidazole rings is 1. The molecule has 6 nitrogen and oxygen atoms in total. The van der Waals surface area contributed by atoms with Gasteiger partial charge in [-0.1, -0.05) is 40.9 Å². The zero-order valence-electron chi connectivity index (χ0n) is 15.9. The van der Waals surface area contributed by atoms with Gasteiger partial charge in [0, 0.05) is 31.8 Å². The Hall–Kier alpha value is -2.19. The molecule has 160 valence electrons. The van der Waals surface area contributed by atoms with Gasteiger partial charge >= 0.3 is 17.9 Å². The van der Waals surface area contributed by atoms with E-state index in [1.54, 1.807) is 22.4 Å². The van der Waals surface area contributed by atoms with Gasteiger partial charge in [-0.05, 0) is 54.8 Å². The van der Waals surface area contributed by atoms with E-state index >= 15 is 0 Å². The fourth-order valence-corrected chi connectivity index (χ4v) is 5.06. The molecule has 2 aromatic carbocycles. The first-order valence-electron chi connectivity index (χ1n) is 9.27. The molecule has 2 heterocycles. The van der Waals surface area contributed by atoms with Crippen LogP contribution in [0.1, 0.15) is 23.7 Å². The van der Waals surface area contributed by atoms with E-state index in [9.17, 15) is 9.59 Å². The third-order valence-corrected chi connectivity index (χ3v) is 6.67. The third-order valence-electron chi connectivity index (χ3n) is 4.53. The molecule has 0 saturated heterocycles. The molecule has 31 heavy (non-hydrogen) atoms. The fourth-order valence-electron chi connectivity index (χ4n) is 3.09. The number of rotatable bonds is 7. The highest BCUT2D eigenvalue weighted by atomic mass is 35.5. The predicted octanol–water partition coefficient (Wildman–Crippen LogP) is 5.98. The van der Waals surface area contributed by atoms with Crippen LogP contribution in [0.5, 0.6) is 11.9 Å². The van der Waals surface area contributed by atoms with Gasteiger partial charge in [0.05, 0.1) is 6.20 Å². The summed E-state index contributed by atoms with van der Waals surface area (Å²) in [5.41, 5.74) is 0.971. The summed E-state index contributed by atoms with van der Waals surface area (Å²) in [6.07, 6.45) is 3.02.